The standard InChI is InChI=1S/C13H22N2O2/c1-8-9(2)13(17-4)10(7-12(8)16-3)11(15)5-6-14/h7,11H,5-6,14-15H2,1-4H3. The van der Waals surface area contributed by atoms with Gasteiger partial charge in [-0.3, -0.25) is 0 Å². The predicted octanol–water partition coefficient (Wildman–Crippen LogP) is 1.67. The molecule has 0 heterocycles. The van der Waals surface area contributed by atoms with E-state index in [1.165, 1.54) is 0 Å². The van der Waals surface area contributed by atoms with Crippen molar-refractivity contribution in [3.05, 3.63) is 22.8 Å². The van der Waals surface area contributed by atoms with Crippen LogP contribution in [-0.2, 0) is 0 Å². The Morgan fingerprint density at radius 2 is 1.82 bits per heavy atom. The van der Waals surface area contributed by atoms with Gasteiger partial charge in [0.15, 0.2) is 0 Å². The summed E-state index contributed by atoms with van der Waals surface area (Å²) in [6, 6.07) is 1.82. The Balaban J connectivity index is 3.31. The second-order valence-corrected chi connectivity index (χ2v) is 4.14. The molecule has 0 bridgehead atoms. The number of hydrogen-bond acceptors (Lipinski definition) is 4. The normalized spacial score (nSPS) is 12.4. The van der Waals surface area contributed by atoms with Gasteiger partial charge >= 0.3 is 0 Å². The first-order chi connectivity index (χ1) is 8.06. The molecule has 1 aromatic carbocycles. The minimum Gasteiger partial charge on any atom is -0.496 e. The molecule has 0 saturated heterocycles. The lowest BCUT2D eigenvalue weighted by molar-refractivity contribution is 0.389. The van der Waals surface area contributed by atoms with Crippen molar-refractivity contribution in [2.45, 2.75) is 26.3 Å². The zero-order valence-corrected chi connectivity index (χ0v) is 11.0. The summed E-state index contributed by atoms with van der Waals surface area (Å²) in [5, 5.41) is 0. The van der Waals surface area contributed by atoms with E-state index in [1.54, 1.807) is 14.2 Å². The van der Waals surface area contributed by atoms with Gasteiger partial charge in [-0.05, 0) is 44.0 Å². The topological polar surface area (TPSA) is 70.5 Å². The van der Waals surface area contributed by atoms with E-state index in [0.29, 0.717) is 6.54 Å². The van der Waals surface area contributed by atoms with E-state index in [9.17, 15) is 0 Å². The minimum absolute atomic E-state index is 0.122. The van der Waals surface area contributed by atoms with E-state index in [-0.39, 0.29) is 6.04 Å². The van der Waals surface area contributed by atoms with E-state index in [1.807, 2.05) is 19.9 Å². The Hall–Kier alpha value is -1.26. The van der Waals surface area contributed by atoms with Crippen molar-refractivity contribution in [1.29, 1.82) is 0 Å². The first-order valence-electron chi connectivity index (χ1n) is 5.74. The van der Waals surface area contributed by atoms with Crippen LogP contribution in [0.1, 0.15) is 29.2 Å². The molecule has 1 atom stereocenters. The van der Waals surface area contributed by atoms with E-state index in [4.69, 9.17) is 20.9 Å². The molecule has 1 aromatic rings. The maximum absolute atomic E-state index is 6.11. The van der Waals surface area contributed by atoms with Crippen LogP contribution in [0.2, 0.25) is 0 Å². The monoisotopic (exact) mass is 238 g/mol. The van der Waals surface area contributed by atoms with Gasteiger partial charge in [0.2, 0.25) is 0 Å². The summed E-state index contributed by atoms with van der Waals surface area (Å²) in [6.45, 7) is 4.57. The molecule has 0 spiro atoms. The number of rotatable bonds is 5. The fraction of sp³-hybridized carbons (Fsp3) is 0.538. The molecule has 0 radical (unpaired) electrons. The summed E-state index contributed by atoms with van der Waals surface area (Å²) in [5.74, 6) is 1.68. The Morgan fingerprint density at radius 3 is 2.29 bits per heavy atom. The van der Waals surface area contributed by atoms with Crippen molar-refractivity contribution in [2.75, 3.05) is 20.8 Å². The number of ether oxygens (including phenoxy) is 2. The lowest BCUT2D eigenvalue weighted by Gasteiger charge is -2.20. The first-order valence-corrected chi connectivity index (χ1v) is 5.74. The van der Waals surface area contributed by atoms with Crippen LogP contribution in [0.25, 0.3) is 0 Å². The lowest BCUT2D eigenvalue weighted by atomic mass is 9.97. The van der Waals surface area contributed by atoms with Gasteiger partial charge in [-0.1, -0.05) is 0 Å². The summed E-state index contributed by atoms with van der Waals surface area (Å²) in [7, 11) is 3.32. The van der Waals surface area contributed by atoms with Crippen LogP contribution in [-0.4, -0.2) is 20.8 Å². The molecule has 1 unspecified atom stereocenters. The molecule has 96 valence electrons. The molecule has 0 amide bonds. The van der Waals surface area contributed by atoms with Crippen LogP contribution in [0.3, 0.4) is 0 Å². The second kappa shape index (κ2) is 5.89. The quantitative estimate of drug-likeness (QED) is 0.818. The molecule has 0 aliphatic heterocycles. The zero-order chi connectivity index (χ0) is 13.0. The highest BCUT2D eigenvalue weighted by Crippen LogP contribution is 2.36. The van der Waals surface area contributed by atoms with Crippen molar-refractivity contribution < 1.29 is 9.47 Å². The third-order valence-electron chi connectivity index (χ3n) is 3.12. The van der Waals surface area contributed by atoms with Gasteiger partial charge in [0.25, 0.3) is 0 Å². The third-order valence-corrected chi connectivity index (χ3v) is 3.12. The molecule has 17 heavy (non-hydrogen) atoms. The predicted molar refractivity (Wildman–Crippen MR) is 69.6 cm³/mol. The van der Waals surface area contributed by atoms with Crippen LogP contribution in [0.5, 0.6) is 11.5 Å². The van der Waals surface area contributed by atoms with Crippen LogP contribution in [0.4, 0.5) is 0 Å². The first kappa shape index (κ1) is 13.8. The highest BCUT2D eigenvalue weighted by Gasteiger charge is 2.18. The van der Waals surface area contributed by atoms with Gasteiger partial charge in [0.05, 0.1) is 14.2 Å². The van der Waals surface area contributed by atoms with Gasteiger partial charge < -0.3 is 20.9 Å². The van der Waals surface area contributed by atoms with Crippen LogP contribution < -0.4 is 20.9 Å². The molecular formula is C13H22N2O2. The smallest absolute Gasteiger partial charge is 0.127 e. The number of nitrogens with two attached hydrogens (primary N) is 2. The van der Waals surface area contributed by atoms with Crippen molar-refractivity contribution >= 4 is 0 Å². The molecule has 0 aromatic heterocycles. The van der Waals surface area contributed by atoms with Gasteiger partial charge in [-0.2, -0.15) is 0 Å². The summed E-state index contributed by atoms with van der Waals surface area (Å²) >= 11 is 0. The SMILES string of the molecule is COc1cc(C(N)CCN)c(OC)c(C)c1C. The van der Waals surface area contributed by atoms with Crippen LogP contribution >= 0.6 is 0 Å². The minimum atomic E-state index is -0.122. The highest BCUT2D eigenvalue weighted by atomic mass is 16.5. The fourth-order valence-corrected chi connectivity index (χ4v) is 1.98. The Morgan fingerprint density at radius 1 is 1.18 bits per heavy atom. The van der Waals surface area contributed by atoms with E-state index < -0.39 is 0 Å². The van der Waals surface area contributed by atoms with E-state index >= 15 is 0 Å². The largest absolute Gasteiger partial charge is 0.496 e. The number of hydrogen-bond donors (Lipinski definition) is 2. The third kappa shape index (κ3) is 2.70. The van der Waals surface area contributed by atoms with Gasteiger partial charge in [0, 0.05) is 11.6 Å². The molecule has 0 fully saturated rings. The Kier molecular flexibility index (Phi) is 4.78. The van der Waals surface area contributed by atoms with Crippen molar-refractivity contribution in [3.8, 4) is 11.5 Å². The van der Waals surface area contributed by atoms with Crippen molar-refractivity contribution in [2.24, 2.45) is 11.5 Å². The summed E-state index contributed by atoms with van der Waals surface area (Å²) in [5.41, 5.74) is 14.8. The molecule has 0 aliphatic carbocycles. The molecule has 0 saturated carbocycles. The van der Waals surface area contributed by atoms with Crippen LogP contribution in [0.15, 0.2) is 6.07 Å². The Labute approximate surface area is 103 Å². The zero-order valence-electron chi connectivity index (χ0n) is 11.0. The van der Waals surface area contributed by atoms with E-state index in [2.05, 4.69) is 0 Å². The lowest BCUT2D eigenvalue weighted by Crippen LogP contribution is -2.17. The molecule has 4 nitrogen and oxygen atoms in total. The summed E-state index contributed by atoms with van der Waals surface area (Å²) < 4.78 is 10.8. The maximum Gasteiger partial charge on any atom is 0.127 e. The summed E-state index contributed by atoms with van der Waals surface area (Å²) in [6.07, 6.45) is 0.724. The average Bonchev–Trinajstić information content (AvgIpc) is 2.32. The Bertz CT molecular complexity index is 391. The molecule has 4 N–H and O–H groups in total. The average molecular weight is 238 g/mol. The second-order valence-electron chi connectivity index (χ2n) is 4.14. The number of benzene rings is 1. The van der Waals surface area contributed by atoms with Gasteiger partial charge in [0.1, 0.15) is 11.5 Å². The fourth-order valence-electron chi connectivity index (χ4n) is 1.98. The van der Waals surface area contributed by atoms with Gasteiger partial charge in [-0.25, -0.2) is 0 Å². The van der Waals surface area contributed by atoms with E-state index in [0.717, 1.165) is 34.6 Å². The van der Waals surface area contributed by atoms with Gasteiger partial charge in [-0.15, -0.1) is 0 Å². The summed E-state index contributed by atoms with van der Waals surface area (Å²) in [4.78, 5) is 0. The molecular weight excluding hydrogens is 216 g/mol. The highest BCUT2D eigenvalue weighted by molar-refractivity contribution is 5.53. The van der Waals surface area contributed by atoms with Crippen molar-refractivity contribution in [3.63, 3.8) is 0 Å². The van der Waals surface area contributed by atoms with Crippen molar-refractivity contribution in [1.82, 2.24) is 0 Å². The van der Waals surface area contributed by atoms with Crippen LogP contribution in [0, 0.1) is 13.8 Å². The molecule has 0 aliphatic rings. The molecule has 1 rings (SSSR count). The number of methoxy groups -OCH3 is 2. The maximum atomic E-state index is 6.11. The molecule has 4 heteroatoms.